The van der Waals surface area contributed by atoms with Crippen LogP contribution in [0.3, 0.4) is 0 Å². The molecule has 3 aliphatic heterocycles. The topological polar surface area (TPSA) is 68.8 Å². The number of nitrogens with one attached hydrogen (secondary N) is 1. The largest absolute Gasteiger partial charge is 0.370 e. The molecule has 5 rings (SSSR count). The molecule has 4 heterocycles. The summed E-state index contributed by atoms with van der Waals surface area (Å²) in [7, 11) is 0. The zero-order chi connectivity index (χ0) is 30.4. The zero-order valence-electron chi connectivity index (χ0n) is 24.8. The molecule has 2 aromatic rings. The molecule has 1 aromatic heterocycles. The highest BCUT2D eigenvalue weighted by atomic mass is 35.5. The van der Waals surface area contributed by atoms with Crippen LogP contribution in [0.2, 0.25) is 5.02 Å². The monoisotopic (exact) mass is 637 g/mol. The third kappa shape index (κ3) is 7.56. The van der Waals surface area contributed by atoms with Crippen LogP contribution in [0.15, 0.2) is 82.2 Å². The fourth-order valence-electron chi connectivity index (χ4n) is 6.12. The van der Waals surface area contributed by atoms with Crippen LogP contribution in [0.4, 0.5) is 0 Å². The molecular weight excluding hydrogens is 598 g/mol. The summed E-state index contributed by atoms with van der Waals surface area (Å²) in [5, 5.41) is 7.84. The van der Waals surface area contributed by atoms with Crippen LogP contribution in [-0.4, -0.2) is 76.3 Å². The first-order chi connectivity index (χ1) is 20.7. The molecule has 228 valence electrons. The molecule has 1 aromatic carbocycles. The van der Waals surface area contributed by atoms with E-state index in [0.29, 0.717) is 50.8 Å². The van der Waals surface area contributed by atoms with Gasteiger partial charge >= 0.3 is 0 Å². The molecule has 1 unspecified atom stereocenters. The van der Waals surface area contributed by atoms with E-state index >= 15 is 0 Å². The average molecular weight is 638 g/mol. The van der Waals surface area contributed by atoms with Crippen molar-refractivity contribution in [2.24, 2.45) is 5.92 Å². The number of piperidine rings is 1. The van der Waals surface area contributed by atoms with Crippen LogP contribution >= 0.6 is 34.7 Å². The number of piperazine rings is 1. The van der Waals surface area contributed by atoms with Crippen LogP contribution in [0.5, 0.6) is 0 Å². The second-order valence-electron chi connectivity index (χ2n) is 11.6. The minimum Gasteiger partial charge on any atom is -0.370 e. The fourth-order valence-corrected chi connectivity index (χ4v) is 7.58. The molecule has 10 heteroatoms. The molecule has 2 fully saturated rings. The molecule has 0 spiro atoms. The van der Waals surface area contributed by atoms with Gasteiger partial charge in [0.25, 0.3) is 5.91 Å². The Morgan fingerprint density at radius 3 is 2.60 bits per heavy atom. The maximum Gasteiger partial charge on any atom is 0.273 e. The van der Waals surface area contributed by atoms with Gasteiger partial charge in [-0.25, -0.2) is 4.98 Å². The summed E-state index contributed by atoms with van der Waals surface area (Å²) in [6, 6.07) is 7.84. The van der Waals surface area contributed by atoms with Gasteiger partial charge in [-0.1, -0.05) is 55.1 Å². The number of benzene rings is 1. The Bertz CT molecular complexity index is 1400. The number of rotatable bonds is 10. The van der Waals surface area contributed by atoms with Gasteiger partial charge in [-0.3, -0.25) is 9.59 Å². The SMILES string of the molecule is C=C(Cc1ccccc1Cl)N1CCN(C(=C)CC2CCN(C(=O)c3cscn3)CC2)C(C)(C(=O)NCC2=CCC=CS2)C1. The van der Waals surface area contributed by atoms with Crippen molar-refractivity contribution < 1.29 is 9.59 Å². The molecule has 0 radical (unpaired) electrons. The standard InChI is InChI=1S/C33H40ClN5O2S2/c1-24(19-27-8-4-5-10-29(27)34)38-15-16-39(33(3,22-38)32(41)35-20-28-9-6-7-17-43-28)25(2)18-26-11-13-37(14-12-26)31(40)30-21-42-23-36-30/h4-5,7-10,17,21,23,26H,1-2,6,11-16,18-20,22H2,3H3,(H,35,41). The molecule has 1 atom stereocenters. The van der Waals surface area contributed by atoms with E-state index < -0.39 is 5.54 Å². The second-order valence-corrected chi connectivity index (χ2v) is 13.8. The van der Waals surface area contributed by atoms with Crippen molar-refractivity contribution in [2.45, 2.75) is 44.6 Å². The number of halogens is 1. The maximum atomic E-state index is 14.0. The van der Waals surface area contributed by atoms with Crippen molar-refractivity contribution in [3.63, 3.8) is 0 Å². The Balaban J connectivity index is 1.25. The number of thiazole rings is 1. The number of carbonyl (C=O) groups is 2. The van der Waals surface area contributed by atoms with Crippen LogP contribution in [0, 0.1) is 5.92 Å². The van der Waals surface area contributed by atoms with Gasteiger partial charge < -0.3 is 20.0 Å². The first-order valence-corrected chi connectivity index (χ1v) is 17.0. The highest BCUT2D eigenvalue weighted by Crippen LogP contribution is 2.34. The van der Waals surface area contributed by atoms with Gasteiger partial charge in [0.1, 0.15) is 11.2 Å². The van der Waals surface area contributed by atoms with Crippen molar-refractivity contribution >= 4 is 46.5 Å². The zero-order valence-corrected chi connectivity index (χ0v) is 27.2. The molecular formula is C33H40ClN5O2S2. The Hall–Kier alpha value is -3.01. The van der Waals surface area contributed by atoms with E-state index in [1.165, 1.54) is 11.3 Å². The smallest absolute Gasteiger partial charge is 0.273 e. The summed E-state index contributed by atoms with van der Waals surface area (Å²) in [6.45, 7) is 14.8. The Morgan fingerprint density at radius 2 is 1.91 bits per heavy atom. The summed E-state index contributed by atoms with van der Waals surface area (Å²) >= 11 is 9.56. The molecule has 0 aliphatic carbocycles. The van der Waals surface area contributed by atoms with Crippen LogP contribution in [-0.2, 0) is 11.2 Å². The number of nitrogens with zero attached hydrogens (tertiary/aromatic N) is 4. The molecule has 0 saturated carbocycles. The highest BCUT2D eigenvalue weighted by molar-refractivity contribution is 8.05. The number of carbonyl (C=O) groups excluding carboxylic acids is 2. The van der Waals surface area contributed by atoms with Crippen molar-refractivity contribution in [3.8, 4) is 0 Å². The van der Waals surface area contributed by atoms with Crippen LogP contribution in [0.25, 0.3) is 0 Å². The number of aromatic nitrogens is 1. The summed E-state index contributed by atoms with van der Waals surface area (Å²) in [6.07, 6.45) is 8.42. The number of hydrogen-bond donors (Lipinski definition) is 1. The van der Waals surface area contributed by atoms with Crippen LogP contribution < -0.4 is 5.32 Å². The van der Waals surface area contributed by atoms with Crippen molar-refractivity contribution in [3.05, 3.63) is 98.5 Å². The number of amides is 2. The maximum absolute atomic E-state index is 14.0. The first kappa shape index (κ1) is 31.4. The lowest BCUT2D eigenvalue weighted by Gasteiger charge is -2.51. The van der Waals surface area contributed by atoms with E-state index in [1.54, 1.807) is 17.3 Å². The lowest BCUT2D eigenvalue weighted by Crippen LogP contribution is -2.66. The summed E-state index contributed by atoms with van der Waals surface area (Å²) in [5.41, 5.74) is 4.36. The van der Waals surface area contributed by atoms with E-state index in [0.717, 1.165) is 59.1 Å². The van der Waals surface area contributed by atoms with Gasteiger partial charge in [-0.15, -0.1) is 23.1 Å². The van der Waals surface area contributed by atoms with Gasteiger partial charge in [0.05, 0.1) is 5.51 Å². The van der Waals surface area contributed by atoms with Gasteiger partial charge in [-0.05, 0) is 55.6 Å². The van der Waals surface area contributed by atoms with Crippen molar-refractivity contribution in [1.82, 2.24) is 25.0 Å². The van der Waals surface area contributed by atoms with Gasteiger partial charge in [0.15, 0.2) is 0 Å². The molecule has 3 aliphatic rings. The number of allylic oxidation sites excluding steroid dienone is 4. The third-order valence-corrected chi connectivity index (χ3v) is 10.6. The van der Waals surface area contributed by atoms with E-state index in [2.05, 4.69) is 50.8 Å². The lowest BCUT2D eigenvalue weighted by molar-refractivity contribution is -0.134. The summed E-state index contributed by atoms with van der Waals surface area (Å²) in [5.74, 6) is 0.407. The van der Waals surface area contributed by atoms with Crippen LogP contribution in [0.1, 0.15) is 48.7 Å². The predicted molar refractivity (Wildman–Crippen MR) is 178 cm³/mol. The van der Waals surface area contributed by atoms with Crippen molar-refractivity contribution in [2.75, 3.05) is 39.3 Å². The molecule has 7 nitrogen and oxygen atoms in total. The average Bonchev–Trinajstić information content (AvgIpc) is 3.56. The van der Waals surface area contributed by atoms with E-state index in [4.69, 9.17) is 11.6 Å². The lowest BCUT2D eigenvalue weighted by atomic mass is 9.88. The number of hydrogen-bond acceptors (Lipinski definition) is 7. The Labute approximate surface area is 268 Å². The third-order valence-electron chi connectivity index (χ3n) is 8.66. The molecule has 1 N–H and O–H groups in total. The van der Waals surface area contributed by atoms with E-state index in [9.17, 15) is 9.59 Å². The molecule has 2 saturated heterocycles. The normalized spacial score (nSPS) is 21.0. The van der Waals surface area contributed by atoms with E-state index in [1.807, 2.05) is 41.5 Å². The van der Waals surface area contributed by atoms with Crippen molar-refractivity contribution in [1.29, 1.82) is 0 Å². The number of thioether (sulfide) groups is 1. The second kappa shape index (κ2) is 14.2. The first-order valence-electron chi connectivity index (χ1n) is 14.8. The quantitative estimate of drug-likeness (QED) is 0.328. The Kier molecular flexibility index (Phi) is 10.4. The summed E-state index contributed by atoms with van der Waals surface area (Å²) in [4.78, 5) is 38.5. The fraction of sp³-hybridized carbons (Fsp3) is 0.424. The molecule has 43 heavy (non-hydrogen) atoms. The van der Waals surface area contributed by atoms with Gasteiger partial charge in [-0.2, -0.15) is 0 Å². The Morgan fingerprint density at radius 1 is 1.12 bits per heavy atom. The number of likely N-dealkylation sites (tertiary alicyclic amines) is 1. The minimum absolute atomic E-state index is 0.0105. The highest BCUT2D eigenvalue weighted by Gasteiger charge is 2.45. The molecule has 2 amide bonds. The molecule has 0 bridgehead atoms. The van der Waals surface area contributed by atoms with Gasteiger partial charge in [0.2, 0.25) is 5.91 Å². The van der Waals surface area contributed by atoms with E-state index in [-0.39, 0.29) is 11.8 Å². The predicted octanol–water partition coefficient (Wildman–Crippen LogP) is 6.34. The minimum atomic E-state index is -0.824. The summed E-state index contributed by atoms with van der Waals surface area (Å²) < 4.78 is 0. The van der Waals surface area contributed by atoms with Gasteiger partial charge in [0, 0.05) is 72.4 Å².